The lowest BCUT2D eigenvalue weighted by Gasteiger charge is -2.25. The number of ether oxygens (including phenoxy) is 5. The van der Waals surface area contributed by atoms with E-state index in [1.165, 1.54) is 0 Å². The zero-order valence-electron chi connectivity index (χ0n) is 18.4. The molecule has 1 atom stereocenters. The predicted molar refractivity (Wildman–Crippen MR) is 121 cm³/mol. The topological polar surface area (TPSA) is 66.5 Å². The van der Waals surface area contributed by atoms with Crippen molar-refractivity contribution in [1.82, 2.24) is 0 Å². The van der Waals surface area contributed by atoms with Crippen molar-refractivity contribution in [3.05, 3.63) is 71.3 Å². The van der Waals surface area contributed by atoms with Crippen LogP contribution < -0.4 is 28.6 Å². The zero-order valence-corrected chi connectivity index (χ0v) is 18.4. The summed E-state index contributed by atoms with van der Waals surface area (Å²) < 4.78 is 28.5. The lowest BCUT2D eigenvalue weighted by molar-refractivity contribution is -0.122. The molecule has 33 heavy (non-hydrogen) atoms. The van der Waals surface area contributed by atoms with E-state index in [-0.39, 0.29) is 12.5 Å². The maximum atomic E-state index is 14.1. The Kier molecular flexibility index (Phi) is 4.40. The van der Waals surface area contributed by atoms with E-state index in [0.717, 1.165) is 22.4 Å². The van der Waals surface area contributed by atoms with E-state index in [2.05, 4.69) is 0 Å². The number of carbonyl (C=O) groups is 1. The monoisotopic (exact) mass is 445 g/mol. The molecule has 0 saturated heterocycles. The molecule has 3 aliphatic rings. The van der Waals surface area contributed by atoms with Gasteiger partial charge in [0.05, 0.1) is 20.8 Å². The summed E-state index contributed by atoms with van der Waals surface area (Å²) in [7, 11) is 3.23. The number of nitrogens with zero attached hydrogens (tertiary/aromatic N) is 1. The first kappa shape index (κ1) is 19.8. The molecule has 1 amide bonds. The summed E-state index contributed by atoms with van der Waals surface area (Å²) in [5, 5.41) is 0. The van der Waals surface area contributed by atoms with E-state index >= 15 is 0 Å². The fraction of sp³-hybridized carbons (Fsp3) is 0.269. The molecule has 6 rings (SSSR count). The second kappa shape index (κ2) is 7.33. The van der Waals surface area contributed by atoms with Crippen molar-refractivity contribution in [3.8, 4) is 28.7 Å². The third kappa shape index (κ3) is 2.85. The number of benzene rings is 3. The number of hydrogen-bond donors (Lipinski definition) is 0. The highest BCUT2D eigenvalue weighted by Gasteiger charge is 2.57. The Balaban J connectivity index is 1.46. The molecule has 0 aromatic heterocycles. The second-order valence-corrected chi connectivity index (χ2v) is 8.32. The van der Waals surface area contributed by atoms with E-state index in [0.29, 0.717) is 48.5 Å². The van der Waals surface area contributed by atoms with Gasteiger partial charge in [-0.05, 0) is 35.4 Å². The van der Waals surface area contributed by atoms with Gasteiger partial charge in [0.15, 0.2) is 11.5 Å². The molecular weight excluding hydrogens is 422 g/mol. The summed E-state index contributed by atoms with van der Waals surface area (Å²) in [6.07, 6.45) is 0. The van der Waals surface area contributed by atoms with Crippen LogP contribution in [0.4, 0.5) is 5.69 Å². The Hall–Kier alpha value is -3.87. The van der Waals surface area contributed by atoms with Crippen molar-refractivity contribution in [1.29, 1.82) is 0 Å². The van der Waals surface area contributed by atoms with Gasteiger partial charge in [0.2, 0.25) is 5.91 Å². The van der Waals surface area contributed by atoms with Gasteiger partial charge in [0.1, 0.15) is 42.5 Å². The van der Waals surface area contributed by atoms with E-state index in [4.69, 9.17) is 23.7 Å². The highest BCUT2D eigenvalue weighted by atomic mass is 16.6. The summed E-state index contributed by atoms with van der Waals surface area (Å²) in [5.74, 6) is 3.28. The smallest absolute Gasteiger partial charge is 0.246 e. The van der Waals surface area contributed by atoms with Gasteiger partial charge in [-0.2, -0.15) is 0 Å². The van der Waals surface area contributed by atoms with Gasteiger partial charge in [0, 0.05) is 23.4 Å². The molecule has 0 radical (unpaired) electrons. The molecule has 1 spiro atoms. The van der Waals surface area contributed by atoms with Crippen LogP contribution in [0.1, 0.15) is 16.7 Å². The number of anilines is 1. The Bertz CT molecular complexity index is 1250. The summed E-state index contributed by atoms with van der Waals surface area (Å²) in [5.41, 5.74) is 2.60. The molecule has 3 heterocycles. The molecule has 7 nitrogen and oxygen atoms in total. The second-order valence-electron chi connectivity index (χ2n) is 8.32. The molecule has 168 valence electrons. The molecule has 0 aliphatic carbocycles. The number of para-hydroxylation sites is 1. The Morgan fingerprint density at radius 3 is 2.27 bits per heavy atom. The minimum Gasteiger partial charge on any atom is -0.497 e. The van der Waals surface area contributed by atoms with Crippen LogP contribution in [0.2, 0.25) is 0 Å². The van der Waals surface area contributed by atoms with E-state index in [1.807, 2.05) is 59.5 Å². The first-order chi connectivity index (χ1) is 16.1. The maximum Gasteiger partial charge on any atom is 0.246 e. The van der Waals surface area contributed by atoms with Gasteiger partial charge in [0.25, 0.3) is 0 Å². The van der Waals surface area contributed by atoms with Gasteiger partial charge < -0.3 is 28.6 Å². The minimum atomic E-state index is -0.926. The maximum absolute atomic E-state index is 14.1. The fourth-order valence-corrected chi connectivity index (χ4v) is 5.01. The van der Waals surface area contributed by atoms with Gasteiger partial charge in [-0.25, -0.2) is 0 Å². The summed E-state index contributed by atoms with van der Waals surface area (Å²) >= 11 is 0. The summed E-state index contributed by atoms with van der Waals surface area (Å²) in [6, 6.07) is 17.3. The number of rotatable bonds is 4. The molecule has 7 heteroatoms. The van der Waals surface area contributed by atoms with Crippen LogP contribution in [0.15, 0.2) is 54.6 Å². The lowest BCUT2D eigenvalue weighted by atomic mass is 9.77. The average molecular weight is 445 g/mol. The molecule has 3 aromatic rings. The van der Waals surface area contributed by atoms with Crippen molar-refractivity contribution >= 4 is 11.6 Å². The van der Waals surface area contributed by atoms with E-state index < -0.39 is 5.41 Å². The molecule has 0 bridgehead atoms. The van der Waals surface area contributed by atoms with Crippen LogP contribution in [-0.4, -0.2) is 39.9 Å². The van der Waals surface area contributed by atoms with Crippen LogP contribution in [0.25, 0.3) is 0 Å². The molecule has 1 unspecified atom stereocenters. The predicted octanol–water partition coefficient (Wildman–Crippen LogP) is 3.70. The number of amides is 1. The number of fused-ring (bicyclic) bond motifs is 5. The van der Waals surface area contributed by atoms with Crippen LogP contribution in [-0.2, 0) is 16.8 Å². The number of methoxy groups -OCH3 is 2. The van der Waals surface area contributed by atoms with Crippen LogP contribution >= 0.6 is 0 Å². The van der Waals surface area contributed by atoms with Crippen molar-refractivity contribution in [2.24, 2.45) is 0 Å². The third-order valence-electron chi connectivity index (χ3n) is 6.57. The first-order valence-electron chi connectivity index (χ1n) is 10.8. The third-order valence-corrected chi connectivity index (χ3v) is 6.57. The summed E-state index contributed by atoms with van der Waals surface area (Å²) in [6.45, 7) is 1.59. The molecular formula is C26H23NO6. The summed E-state index contributed by atoms with van der Waals surface area (Å²) in [4.78, 5) is 16.0. The Morgan fingerprint density at radius 2 is 1.55 bits per heavy atom. The van der Waals surface area contributed by atoms with Crippen LogP contribution in [0.5, 0.6) is 28.7 Å². The highest BCUT2D eigenvalue weighted by molar-refractivity contribution is 6.11. The van der Waals surface area contributed by atoms with Crippen LogP contribution in [0.3, 0.4) is 0 Å². The normalized spacial score (nSPS) is 19.8. The quantitative estimate of drug-likeness (QED) is 0.610. The number of hydrogen-bond acceptors (Lipinski definition) is 6. The molecule has 3 aromatic carbocycles. The van der Waals surface area contributed by atoms with E-state index in [9.17, 15) is 4.79 Å². The Morgan fingerprint density at radius 1 is 0.848 bits per heavy atom. The minimum absolute atomic E-state index is 0.0269. The Labute approximate surface area is 191 Å². The first-order valence-corrected chi connectivity index (χ1v) is 10.8. The van der Waals surface area contributed by atoms with Gasteiger partial charge >= 0.3 is 0 Å². The largest absolute Gasteiger partial charge is 0.497 e. The molecule has 3 aliphatic heterocycles. The SMILES string of the molecule is COc1cc(CN2C(=O)C3(COc4cc5c(cc43)OCCO5)c3ccccc32)cc(OC)c1. The van der Waals surface area contributed by atoms with Crippen molar-refractivity contribution in [2.75, 3.05) is 38.9 Å². The zero-order chi connectivity index (χ0) is 22.6. The van der Waals surface area contributed by atoms with Crippen molar-refractivity contribution in [3.63, 3.8) is 0 Å². The number of carbonyl (C=O) groups excluding carboxylic acids is 1. The van der Waals surface area contributed by atoms with Crippen molar-refractivity contribution in [2.45, 2.75) is 12.0 Å². The van der Waals surface area contributed by atoms with Gasteiger partial charge in [-0.3, -0.25) is 4.79 Å². The molecule has 0 fully saturated rings. The van der Waals surface area contributed by atoms with Gasteiger partial charge in [-0.15, -0.1) is 0 Å². The molecule has 0 N–H and O–H groups in total. The van der Waals surface area contributed by atoms with E-state index in [1.54, 1.807) is 14.2 Å². The average Bonchev–Trinajstić information content (AvgIpc) is 3.34. The van der Waals surface area contributed by atoms with Crippen molar-refractivity contribution < 1.29 is 28.5 Å². The fourth-order valence-electron chi connectivity index (χ4n) is 5.01. The standard InChI is InChI=1S/C26H23NO6/c1-29-17-9-16(10-18(11-17)30-2)14-27-21-6-4-3-5-19(21)26(25(27)28)15-33-22-13-24-23(12-20(22)26)31-7-8-32-24/h3-6,9-13H,7-8,14-15H2,1-2H3. The van der Waals surface area contributed by atoms with Gasteiger partial charge in [-0.1, -0.05) is 18.2 Å². The highest BCUT2D eigenvalue weighted by Crippen LogP contribution is 2.55. The lowest BCUT2D eigenvalue weighted by Crippen LogP contribution is -2.42. The van der Waals surface area contributed by atoms with Crippen LogP contribution in [0, 0.1) is 0 Å². The molecule has 0 saturated carbocycles.